The Bertz CT molecular complexity index is 425. The molecule has 2 atom stereocenters. The fraction of sp³-hybridized carbons (Fsp3) is 0.429. The molecular formula is C14H22N2O5. The average Bonchev–Trinajstić information content (AvgIpc) is 2.48. The van der Waals surface area contributed by atoms with E-state index in [2.05, 4.69) is 0 Å². The predicted octanol–water partition coefficient (Wildman–Crippen LogP) is 0.332. The molecule has 1 aromatic rings. The standard InChI is InChI=1S/C8H8O3.C6H14N2O2/c9-7(8(10)11)6-4-2-1-3-5-6;7-4-2-1-3-5(8)6(9)10/h1-5,7,9H,(H,10,11);5H,1-4,7-8H2,(H,9,10). The third-order valence-corrected chi connectivity index (χ3v) is 2.64. The van der Waals surface area contributed by atoms with Crippen LogP contribution >= 0.6 is 0 Å². The number of nitrogens with two attached hydrogens (primary N) is 2. The van der Waals surface area contributed by atoms with Crippen molar-refractivity contribution in [2.75, 3.05) is 6.54 Å². The lowest BCUT2D eigenvalue weighted by Crippen LogP contribution is -2.29. The molecule has 0 spiro atoms. The van der Waals surface area contributed by atoms with E-state index in [9.17, 15) is 9.59 Å². The molecule has 0 amide bonds. The lowest BCUT2D eigenvalue weighted by molar-refractivity contribution is -0.147. The molecule has 0 saturated carbocycles. The SMILES string of the molecule is NCCCCC(N)C(=O)O.O=C(O)C(O)c1ccccc1. The van der Waals surface area contributed by atoms with Gasteiger partial charge in [0.05, 0.1) is 0 Å². The number of aliphatic hydroxyl groups excluding tert-OH is 1. The first-order valence-corrected chi connectivity index (χ1v) is 6.54. The van der Waals surface area contributed by atoms with Crippen LogP contribution in [0.5, 0.6) is 0 Å². The first-order chi connectivity index (χ1) is 9.90. The van der Waals surface area contributed by atoms with E-state index in [0.717, 1.165) is 12.8 Å². The molecule has 0 radical (unpaired) electrons. The lowest BCUT2D eigenvalue weighted by atomic mass is 10.1. The molecule has 1 rings (SSSR count). The van der Waals surface area contributed by atoms with E-state index in [-0.39, 0.29) is 0 Å². The largest absolute Gasteiger partial charge is 0.480 e. The number of unbranched alkanes of at least 4 members (excludes halogenated alkanes) is 1. The van der Waals surface area contributed by atoms with E-state index < -0.39 is 24.1 Å². The van der Waals surface area contributed by atoms with Gasteiger partial charge in [-0.3, -0.25) is 4.79 Å². The van der Waals surface area contributed by atoms with Gasteiger partial charge in [-0.15, -0.1) is 0 Å². The quantitative estimate of drug-likeness (QED) is 0.456. The number of hydrogen-bond donors (Lipinski definition) is 5. The minimum absolute atomic E-state index is 0.403. The summed E-state index contributed by atoms with van der Waals surface area (Å²) in [7, 11) is 0. The van der Waals surface area contributed by atoms with Crippen LogP contribution in [0.3, 0.4) is 0 Å². The highest BCUT2D eigenvalue weighted by Gasteiger charge is 2.14. The Morgan fingerprint density at radius 2 is 1.62 bits per heavy atom. The van der Waals surface area contributed by atoms with Gasteiger partial charge >= 0.3 is 11.9 Å². The third-order valence-electron chi connectivity index (χ3n) is 2.64. The van der Waals surface area contributed by atoms with E-state index in [1.165, 1.54) is 0 Å². The highest BCUT2D eigenvalue weighted by atomic mass is 16.4. The number of aliphatic carboxylic acids is 2. The Morgan fingerprint density at radius 3 is 2.05 bits per heavy atom. The van der Waals surface area contributed by atoms with E-state index in [0.29, 0.717) is 18.5 Å². The monoisotopic (exact) mass is 298 g/mol. The molecule has 0 aliphatic carbocycles. The van der Waals surface area contributed by atoms with Gasteiger partial charge in [-0.1, -0.05) is 36.8 Å². The van der Waals surface area contributed by atoms with Crippen LogP contribution in [0.1, 0.15) is 30.9 Å². The molecule has 0 bridgehead atoms. The van der Waals surface area contributed by atoms with Crippen LogP contribution in [0.2, 0.25) is 0 Å². The zero-order valence-electron chi connectivity index (χ0n) is 11.7. The molecule has 0 fully saturated rings. The Morgan fingerprint density at radius 1 is 1.05 bits per heavy atom. The number of benzene rings is 1. The fourth-order valence-electron chi connectivity index (χ4n) is 1.41. The highest BCUT2D eigenvalue weighted by Crippen LogP contribution is 2.10. The van der Waals surface area contributed by atoms with Gasteiger partial charge in [0.25, 0.3) is 0 Å². The maximum absolute atomic E-state index is 10.2. The van der Waals surface area contributed by atoms with Gasteiger partial charge in [-0.2, -0.15) is 0 Å². The normalized spacial score (nSPS) is 12.7. The Hall–Kier alpha value is -1.96. The van der Waals surface area contributed by atoms with Gasteiger partial charge in [0, 0.05) is 0 Å². The summed E-state index contributed by atoms with van der Waals surface area (Å²) in [5, 5.41) is 25.7. The molecule has 0 aliphatic rings. The number of hydrogen-bond acceptors (Lipinski definition) is 5. The molecule has 21 heavy (non-hydrogen) atoms. The van der Waals surface area contributed by atoms with Crippen molar-refractivity contribution >= 4 is 11.9 Å². The average molecular weight is 298 g/mol. The zero-order chi connectivity index (χ0) is 16.3. The number of carboxylic acids is 2. The third kappa shape index (κ3) is 8.74. The number of carboxylic acid groups (broad SMARTS) is 2. The van der Waals surface area contributed by atoms with Crippen molar-refractivity contribution in [3.05, 3.63) is 35.9 Å². The zero-order valence-corrected chi connectivity index (χ0v) is 11.7. The first kappa shape index (κ1) is 19.0. The Kier molecular flexibility index (Phi) is 9.78. The molecule has 0 saturated heterocycles. The summed E-state index contributed by atoms with van der Waals surface area (Å²) in [6.45, 7) is 0.604. The van der Waals surface area contributed by atoms with Gasteiger partial charge in [0.2, 0.25) is 0 Å². The summed E-state index contributed by atoms with van der Waals surface area (Å²) in [6, 6.07) is 7.55. The van der Waals surface area contributed by atoms with Crippen molar-refractivity contribution in [2.24, 2.45) is 11.5 Å². The molecule has 2 unspecified atom stereocenters. The van der Waals surface area contributed by atoms with Crippen LogP contribution in [0.4, 0.5) is 0 Å². The van der Waals surface area contributed by atoms with Crippen LogP contribution in [0.25, 0.3) is 0 Å². The number of carbonyl (C=O) groups is 2. The molecule has 118 valence electrons. The van der Waals surface area contributed by atoms with Crippen molar-refractivity contribution in [2.45, 2.75) is 31.4 Å². The minimum Gasteiger partial charge on any atom is -0.480 e. The van der Waals surface area contributed by atoms with Gasteiger partial charge in [-0.25, -0.2) is 4.79 Å². The summed E-state index contributed by atoms with van der Waals surface area (Å²) in [5.74, 6) is -2.16. The van der Waals surface area contributed by atoms with Gasteiger partial charge in [0.1, 0.15) is 6.04 Å². The highest BCUT2D eigenvalue weighted by molar-refractivity contribution is 5.74. The second kappa shape index (κ2) is 10.8. The van der Waals surface area contributed by atoms with Crippen molar-refractivity contribution in [3.63, 3.8) is 0 Å². The number of rotatable bonds is 7. The van der Waals surface area contributed by atoms with Crippen molar-refractivity contribution in [3.8, 4) is 0 Å². The summed E-state index contributed by atoms with van der Waals surface area (Å²) in [5.41, 5.74) is 10.8. The van der Waals surface area contributed by atoms with E-state index in [4.69, 9.17) is 26.8 Å². The van der Waals surface area contributed by atoms with Crippen molar-refractivity contribution in [1.82, 2.24) is 0 Å². The second-order valence-corrected chi connectivity index (χ2v) is 4.38. The van der Waals surface area contributed by atoms with Crippen LogP contribution < -0.4 is 11.5 Å². The minimum atomic E-state index is -1.41. The molecule has 1 aromatic carbocycles. The topological polar surface area (TPSA) is 147 Å². The molecule has 0 heterocycles. The van der Waals surface area contributed by atoms with Crippen molar-refractivity contribution < 1.29 is 24.9 Å². The van der Waals surface area contributed by atoms with Gasteiger partial charge < -0.3 is 26.8 Å². The molecule has 0 aliphatic heterocycles. The first-order valence-electron chi connectivity index (χ1n) is 6.54. The maximum atomic E-state index is 10.2. The number of aliphatic hydroxyl groups is 1. The summed E-state index contributed by atoms with van der Waals surface area (Å²) >= 11 is 0. The van der Waals surface area contributed by atoms with E-state index in [1.807, 2.05) is 0 Å². The van der Waals surface area contributed by atoms with Crippen LogP contribution in [-0.2, 0) is 9.59 Å². The molecule has 7 nitrogen and oxygen atoms in total. The Balaban J connectivity index is 0.000000384. The summed E-state index contributed by atoms with van der Waals surface area (Å²) in [6.07, 6.45) is 0.758. The molecular weight excluding hydrogens is 276 g/mol. The summed E-state index contributed by atoms with van der Waals surface area (Å²) < 4.78 is 0. The van der Waals surface area contributed by atoms with Crippen LogP contribution in [0, 0.1) is 0 Å². The van der Waals surface area contributed by atoms with E-state index >= 15 is 0 Å². The molecule has 7 heteroatoms. The predicted molar refractivity (Wildman–Crippen MR) is 77.6 cm³/mol. The summed E-state index contributed by atoms with van der Waals surface area (Å²) in [4.78, 5) is 20.4. The lowest BCUT2D eigenvalue weighted by Gasteiger charge is -2.03. The Labute approximate surface area is 123 Å². The van der Waals surface area contributed by atoms with Gasteiger partial charge in [0.15, 0.2) is 6.10 Å². The molecule has 7 N–H and O–H groups in total. The smallest absolute Gasteiger partial charge is 0.337 e. The molecule has 0 aromatic heterocycles. The van der Waals surface area contributed by atoms with Gasteiger partial charge in [-0.05, 0) is 24.9 Å². The maximum Gasteiger partial charge on any atom is 0.337 e. The van der Waals surface area contributed by atoms with E-state index in [1.54, 1.807) is 30.3 Å². The van der Waals surface area contributed by atoms with Crippen molar-refractivity contribution in [1.29, 1.82) is 0 Å². The van der Waals surface area contributed by atoms with Crippen LogP contribution in [-0.4, -0.2) is 39.8 Å². The van der Waals surface area contributed by atoms with Crippen LogP contribution in [0.15, 0.2) is 30.3 Å². The fourth-order valence-corrected chi connectivity index (χ4v) is 1.41. The second-order valence-electron chi connectivity index (χ2n) is 4.38.